The first kappa shape index (κ1) is 27.8. The number of aliphatic hydroxyl groups is 1. The molecule has 1 aliphatic rings. The van der Waals surface area contributed by atoms with E-state index in [1.165, 1.54) is 12.0 Å². The van der Waals surface area contributed by atoms with Gasteiger partial charge >= 0.3 is 0 Å². The molecule has 3 aromatic carbocycles. The van der Waals surface area contributed by atoms with Gasteiger partial charge < -0.3 is 19.3 Å². The number of ketones is 1. The minimum Gasteiger partial charge on any atom is -0.507 e. The van der Waals surface area contributed by atoms with E-state index >= 15 is 0 Å². The van der Waals surface area contributed by atoms with Gasteiger partial charge in [-0.3, -0.25) is 14.5 Å². The first-order chi connectivity index (χ1) is 18.7. The van der Waals surface area contributed by atoms with E-state index < -0.39 is 17.7 Å². The Hall–Kier alpha value is -4.26. The van der Waals surface area contributed by atoms with Gasteiger partial charge in [-0.25, -0.2) is 0 Å². The molecule has 1 amide bonds. The molecule has 1 atom stereocenters. The van der Waals surface area contributed by atoms with E-state index in [0.29, 0.717) is 34.9 Å². The van der Waals surface area contributed by atoms with Crippen molar-refractivity contribution in [3.8, 4) is 17.2 Å². The summed E-state index contributed by atoms with van der Waals surface area (Å²) in [5.74, 6) is 0.314. The minimum atomic E-state index is -0.862. The number of methoxy groups -OCH3 is 1. The predicted molar refractivity (Wildman–Crippen MR) is 152 cm³/mol. The highest BCUT2D eigenvalue weighted by Gasteiger charge is 2.47. The second-order valence-corrected chi connectivity index (χ2v) is 9.95. The fourth-order valence-corrected chi connectivity index (χ4v) is 4.76. The van der Waals surface area contributed by atoms with Gasteiger partial charge in [-0.05, 0) is 80.3 Å². The molecule has 7 nitrogen and oxygen atoms in total. The van der Waals surface area contributed by atoms with Crippen LogP contribution >= 0.6 is 0 Å². The number of amides is 1. The number of anilines is 1. The largest absolute Gasteiger partial charge is 0.507 e. The maximum Gasteiger partial charge on any atom is 0.300 e. The topological polar surface area (TPSA) is 85.3 Å². The molecule has 0 aromatic heterocycles. The van der Waals surface area contributed by atoms with Crippen molar-refractivity contribution in [2.45, 2.75) is 52.7 Å². The number of rotatable bonds is 9. The third kappa shape index (κ3) is 5.62. The summed E-state index contributed by atoms with van der Waals surface area (Å²) in [7, 11) is 1.54. The average molecular weight is 530 g/mol. The van der Waals surface area contributed by atoms with Crippen molar-refractivity contribution in [3.05, 3.63) is 89.0 Å². The third-order valence-corrected chi connectivity index (χ3v) is 6.55. The highest BCUT2D eigenvalue weighted by atomic mass is 16.5. The SMILES string of the molecule is CCOc1ccc(/C(O)=C2/C(=O)C(=O)N(c3cccc(OC)c3)C2c2ccc(OC(C)C)cc2)cc1C(C)C. The van der Waals surface area contributed by atoms with Crippen molar-refractivity contribution in [2.75, 3.05) is 18.6 Å². The summed E-state index contributed by atoms with van der Waals surface area (Å²) in [4.78, 5) is 28.5. The van der Waals surface area contributed by atoms with Gasteiger partial charge in [0, 0.05) is 17.3 Å². The van der Waals surface area contributed by atoms with Gasteiger partial charge in [-0.15, -0.1) is 0 Å². The van der Waals surface area contributed by atoms with Crippen LogP contribution in [-0.4, -0.2) is 36.6 Å². The highest BCUT2D eigenvalue weighted by Crippen LogP contribution is 2.43. The van der Waals surface area contributed by atoms with Gasteiger partial charge in [-0.2, -0.15) is 0 Å². The zero-order chi connectivity index (χ0) is 28.3. The van der Waals surface area contributed by atoms with Crippen LogP contribution in [0.25, 0.3) is 5.76 Å². The van der Waals surface area contributed by atoms with E-state index in [1.807, 2.05) is 52.8 Å². The van der Waals surface area contributed by atoms with Gasteiger partial charge in [0.05, 0.1) is 31.4 Å². The van der Waals surface area contributed by atoms with Crippen LogP contribution in [0.3, 0.4) is 0 Å². The average Bonchev–Trinajstić information content (AvgIpc) is 3.18. The molecule has 1 heterocycles. The Bertz CT molecular complexity index is 1390. The van der Waals surface area contributed by atoms with Crippen molar-refractivity contribution in [3.63, 3.8) is 0 Å². The van der Waals surface area contributed by atoms with E-state index in [9.17, 15) is 14.7 Å². The number of ether oxygens (including phenoxy) is 3. The quantitative estimate of drug-likeness (QED) is 0.190. The summed E-state index contributed by atoms with van der Waals surface area (Å²) in [6, 6.07) is 18.6. The zero-order valence-corrected chi connectivity index (χ0v) is 23.2. The van der Waals surface area contributed by atoms with Crippen molar-refractivity contribution in [2.24, 2.45) is 0 Å². The van der Waals surface area contributed by atoms with E-state index in [0.717, 1.165) is 11.3 Å². The van der Waals surface area contributed by atoms with E-state index in [-0.39, 0.29) is 23.4 Å². The van der Waals surface area contributed by atoms with E-state index in [4.69, 9.17) is 14.2 Å². The molecule has 4 rings (SSSR count). The van der Waals surface area contributed by atoms with Crippen LogP contribution in [0.5, 0.6) is 17.2 Å². The van der Waals surface area contributed by atoms with E-state index in [2.05, 4.69) is 0 Å². The number of carbonyl (C=O) groups is 2. The van der Waals surface area contributed by atoms with Crippen LogP contribution in [0.15, 0.2) is 72.3 Å². The fraction of sp³-hybridized carbons (Fsp3) is 0.312. The lowest BCUT2D eigenvalue weighted by Gasteiger charge is -2.26. The Balaban J connectivity index is 1.91. The molecule has 7 heteroatoms. The normalized spacial score (nSPS) is 16.7. The molecule has 1 N–H and O–H groups in total. The summed E-state index contributed by atoms with van der Waals surface area (Å²) in [5.41, 5.74) is 2.49. The smallest absolute Gasteiger partial charge is 0.300 e. The van der Waals surface area contributed by atoms with Gasteiger partial charge in [0.1, 0.15) is 23.0 Å². The predicted octanol–water partition coefficient (Wildman–Crippen LogP) is 6.63. The monoisotopic (exact) mass is 529 g/mol. The van der Waals surface area contributed by atoms with Crippen LogP contribution < -0.4 is 19.1 Å². The lowest BCUT2D eigenvalue weighted by atomic mass is 9.93. The summed E-state index contributed by atoms with van der Waals surface area (Å²) >= 11 is 0. The molecule has 1 saturated heterocycles. The Morgan fingerprint density at radius 2 is 1.67 bits per heavy atom. The van der Waals surface area contributed by atoms with Crippen LogP contribution in [0.4, 0.5) is 5.69 Å². The summed E-state index contributed by atoms with van der Waals surface area (Å²) < 4.78 is 16.9. The van der Waals surface area contributed by atoms with Crippen LogP contribution in [-0.2, 0) is 9.59 Å². The van der Waals surface area contributed by atoms with Gasteiger partial charge in [0.15, 0.2) is 0 Å². The molecule has 0 radical (unpaired) electrons. The fourth-order valence-electron chi connectivity index (χ4n) is 4.76. The molecule has 3 aromatic rings. The number of benzene rings is 3. The Kier molecular flexibility index (Phi) is 8.29. The molecular formula is C32H35NO6. The number of carbonyl (C=O) groups excluding carboxylic acids is 2. The Morgan fingerprint density at radius 3 is 2.28 bits per heavy atom. The number of nitrogens with zero attached hydrogens (tertiary/aromatic N) is 1. The molecule has 39 heavy (non-hydrogen) atoms. The molecular weight excluding hydrogens is 494 g/mol. The molecule has 1 fully saturated rings. The molecule has 0 spiro atoms. The number of aliphatic hydroxyl groups excluding tert-OH is 1. The summed E-state index contributed by atoms with van der Waals surface area (Å²) in [6.07, 6.45) is -0.00641. The van der Waals surface area contributed by atoms with Crippen LogP contribution in [0, 0.1) is 0 Å². The number of Topliss-reactive ketones (excluding diaryl/α,β-unsaturated/α-hetero) is 1. The highest BCUT2D eigenvalue weighted by molar-refractivity contribution is 6.51. The van der Waals surface area contributed by atoms with Crippen molar-refractivity contribution >= 4 is 23.1 Å². The van der Waals surface area contributed by atoms with Gasteiger partial charge in [0.2, 0.25) is 0 Å². The van der Waals surface area contributed by atoms with Gasteiger partial charge in [-0.1, -0.05) is 32.0 Å². The van der Waals surface area contributed by atoms with Crippen molar-refractivity contribution in [1.29, 1.82) is 0 Å². The number of hydrogen-bond donors (Lipinski definition) is 1. The van der Waals surface area contributed by atoms with E-state index in [1.54, 1.807) is 48.5 Å². The first-order valence-electron chi connectivity index (χ1n) is 13.1. The second kappa shape index (κ2) is 11.6. The Labute approximate surface area is 229 Å². The van der Waals surface area contributed by atoms with Crippen LogP contribution in [0.1, 0.15) is 63.3 Å². The molecule has 0 aliphatic carbocycles. The minimum absolute atomic E-state index is 0.00641. The lowest BCUT2D eigenvalue weighted by Crippen LogP contribution is -2.29. The maximum atomic E-state index is 13.6. The first-order valence-corrected chi connectivity index (χ1v) is 13.1. The summed E-state index contributed by atoms with van der Waals surface area (Å²) in [6.45, 7) is 10.4. The second-order valence-electron chi connectivity index (χ2n) is 9.95. The maximum absolute atomic E-state index is 13.6. The standard InChI is InChI=1S/C32H35NO6/c1-7-38-27-16-13-22(17-26(27)19(2)3)30(34)28-29(21-11-14-24(15-12-21)39-20(4)5)33(32(36)31(28)35)23-9-8-10-25(18-23)37-6/h8-20,29,34H,7H2,1-6H3/b30-28-. The molecule has 204 valence electrons. The lowest BCUT2D eigenvalue weighted by molar-refractivity contribution is -0.132. The molecule has 0 saturated carbocycles. The molecule has 0 bridgehead atoms. The molecule has 1 aliphatic heterocycles. The van der Waals surface area contributed by atoms with Crippen molar-refractivity contribution in [1.82, 2.24) is 0 Å². The molecule has 1 unspecified atom stereocenters. The Morgan fingerprint density at radius 1 is 0.949 bits per heavy atom. The van der Waals surface area contributed by atoms with Gasteiger partial charge in [0.25, 0.3) is 11.7 Å². The number of hydrogen-bond acceptors (Lipinski definition) is 6. The van der Waals surface area contributed by atoms with Crippen LogP contribution in [0.2, 0.25) is 0 Å². The summed E-state index contributed by atoms with van der Waals surface area (Å²) in [5, 5.41) is 11.6. The zero-order valence-electron chi connectivity index (χ0n) is 23.2. The third-order valence-electron chi connectivity index (χ3n) is 6.55. The van der Waals surface area contributed by atoms with Crippen molar-refractivity contribution < 1.29 is 28.9 Å².